The minimum absolute atomic E-state index is 0.718. The summed E-state index contributed by atoms with van der Waals surface area (Å²) in [5.41, 5.74) is 10.4. The molecule has 0 saturated carbocycles. The number of rotatable bonds is 1. The van der Waals surface area contributed by atoms with E-state index in [4.69, 9.17) is 10.3 Å². The van der Waals surface area contributed by atoms with Crippen molar-refractivity contribution >= 4 is 16.7 Å². The molecule has 0 spiro atoms. The maximum atomic E-state index is 5.80. The van der Waals surface area contributed by atoms with Gasteiger partial charge in [-0.15, -0.1) is 0 Å². The van der Waals surface area contributed by atoms with Crippen LogP contribution in [-0.4, -0.2) is 5.16 Å². The van der Waals surface area contributed by atoms with Gasteiger partial charge < -0.3 is 10.3 Å². The van der Waals surface area contributed by atoms with Gasteiger partial charge in [-0.2, -0.15) is 0 Å². The van der Waals surface area contributed by atoms with E-state index in [9.17, 15) is 0 Å². The minimum atomic E-state index is 0.718. The molecular formula is C14H12N2O. The standard InChI is InChI=1S/C14H12N2O/c1-9-4-2-3-5-11(9)14-12-8-10(15)6-7-13(12)17-16-14/h2-8H,15H2,1H3. The molecule has 3 nitrogen and oxygen atoms in total. The Bertz CT molecular complexity index is 686. The number of nitrogens with zero attached hydrogens (tertiary/aromatic N) is 1. The molecular weight excluding hydrogens is 212 g/mol. The van der Waals surface area contributed by atoms with Crippen LogP contribution in [0.5, 0.6) is 0 Å². The van der Waals surface area contributed by atoms with Gasteiger partial charge in [-0.05, 0) is 30.7 Å². The second-order valence-electron chi connectivity index (χ2n) is 4.10. The highest BCUT2D eigenvalue weighted by Crippen LogP contribution is 2.30. The van der Waals surface area contributed by atoms with E-state index >= 15 is 0 Å². The average Bonchev–Trinajstić information content (AvgIpc) is 2.72. The number of aromatic nitrogens is 1. The van der Waals surface area contributed by atoms with Crippen molar-refractivity contribution in [3.63, 3.8) is 0 Å². The highest BCUT2D eigenvalue weighted by Gasteiger charge is 2.11. The summed E-state index contributed by atoms with van der Waals surface area (Å²) in [4.78, 5) is 0. The summed E-state index contributed by atoms with van der Waals surface area (Å²) in [6.45, 7) is 2.06. The molecule has 2 aromatic carbocycles. The van der Waals surface area contributed by atoms with Gasteiger partial charge in [0.15, 0.2) is 5.58 Å². The molecule has 1 heterocycles. The molecule has 0 fully saturated rings. The summed E-state index contributed by atoms with van der Waals surface area (Å²) in [5.74, 6) is 0. The Kier molecular flexibility index (Phi) is 2.11. The van der Waals surface area contributed by atoms with Gasteiger partial charge in [0, 0.05) is 11.3 Å². The minimum Gasteiger partial charge on any atom is -0.399 e. The normalized spacial score (nSPS) is 10.9. The van der Waals surface area contributed by atoms with Crippen LogP contribution >= 0.6 is 0 Å². The number of nitrogen functional groups attached to an aromatic ring is 1. The van der Waals surface area contributed by atoms with Gasteiger partial charge in [0.25, 0.3) is 0 Å². The third-order valence-electron chi connectivity index (χ3n) is 2.89. The van der Waals surface area contributed by atoms with Crippen molar-refractivity contribution in [3.05, 3.63) is 48.0 Å². The quantitative estimate of drug-likeness (QED) is 0.644. The zero-order chi connectivity index (χ0) is 11.8. The number of hydrogen-bond acceptors (Lipinski definition) is 3. The molecule has 2 N–H and O–H groups in total. The Hall–Kier alpha value is -2.29. The molecule has 17 heavy (non-hydrogen) atoms. The van der Waals surface area contributed by atoms with Crippen molar-refractivity contribution in [1.29, 1.82) is 0 Å². The van der Waals surface area contributed by atoms with Crippen molar-refractivity contribution < 1.29 is 4.52 Å². The van der Waals surface area contributed by atoms with Gasteiger partial charge in [0.1, 0.15) is 5.69 Å². The van der Waals surface area contributed by atoms with Gasteiger partial charge in [-0.1, -0.05) is 29.4 Å². The molecule has 0 saturated heterocycles. The van der Waals surface area contributed by atoms with Crippen LogP contribution in [0.25, 0.3) is 22.2 Å². The predicted molar refractivity (Wildman–Crippen MR) is 68.6 cm³/mol. The Morgan fingerprint density at radius 1 is 1.12 bits per heavy atom. The van der Waals surface area contributed by atoms with Crippen molar-refractivity contribution in [2.24, 2.45) is 0 Å². The fourth-order valence-electron chi connectivity index (χ4n) is 1.99. The highest BCUT2D eigenvalue weighted by molar-refractivity contribution is 5.94. The van der Waals surface area contributed by atoms with Crippen LogP contribution in [0.2, 0.25) is 0 Å². The lowest BCUT2D eigenvalue weighted by Crippen LogP contribution is -1.85. The molecule has 0 aliphatic rings. The molecule has 0 amide bonds. The second kappa shape index (κ2) is 3.63. The summed E-state index contributed by atoms with van der Waals surface area (Å²) in [7, 11) is 0. The lowest BCUT2D eigenvalue weighted by molar-refractivity contribution is 0.459. The molecule has 3 aromatic rings. The van der Waals surface area contributed by atoms with Crippen LogP contribution in [0.4, 0.5) is 5.69 Å². The summed E-state index contributed by atoms with van der Waals surface area (Å²) in [6, 6.07) is 13.7. The maximum absolute atomic E-state index is 5.80. The van der Waals surface area contributed by atoms with E-state index in [2.05, 4.69) is 18.1 Å². The van der Waals surface area contributed by atoms with Crippen LogP contribution in [-0.2, 0) is 0 Å². The summed E-state index contributed by atoms with van der Waals surface area (Å²) in [6.07, 6.45) is 0. The first-order valence-electron chi connectivity index (χ1n) is 5.46. The molecule has 84 valence electrons. The van der Waals surface area contributed by atoms with E-state index in [1.165, 1.54) is 5.56 Å². The topological polar surface area (TPSA) is 52.0 Å². The molecule has 0 aliphatic carbocycles. The highest BCUT2D eigenvalue weighted by atomic mass is 16.5. The zero-order valence-corrected chi connectivity index (χ0v) is 9.47. The number of hydrogen-bond donors (Lipinski definition) is 1. The van der Waals surface area contributed by atoms with Crippen molar-refractivity contribution in [3.8, 4) is 11.3 Å². The Balaban J connectivity index is 2.31. The molecule has 1 aromatic heterocycles. The second-order valence-corrected chi connectivity index (χ2v) is 4.10. The van der Waals surface area contributed by atoms with Crippen molar-refractivity contribution in [2.75, 3.05) is 5.73 Å². The zero-order valence-electron chi connectivity index (χ0n) is 9.47. The number of nitrogens with two attached hydrogens (primary N) is 1. The van der Waals surface area contributed by atoms with Gasteiger partial charge in [0.05, 0.1) is 5.39 Å². The average molecular weight is 224 g/mol. The first-order chi connectivity index (χ1) is 8.25. The fraction of sp³-hybridized carbons (Fsp3) is 0.0714. The Morgan fingerprint density at radius 3 is 2.76 bits per heavy atom. The van der Waals surface area contributed by atoms with E-state index < -0.39 is 0 Å². The molecule has 0 atom stereocenters. The third-order valence-corrected chi connectivity index (χ3v) is 2.89. The van der Waals surface area contributed by atoms with Crippen molar-refractivity contribution in [2.45, 2.75) is 6.92 Å². The van der Waals surface area contributed by atoms with Crippen LogP contribution in [0, 0.1) is 6.92 Å². The number of fused-ring (bicyclic) bond motifs is 1. The molecule has 3 heteroatoms. The molecule has 0 aliphatic heterocycles. The van der Waals surface area contributed by atoms with Crippen molar-refractivity contribution in [1.82, 2.24) is 5.16 Å². The monoisotopic (exact) mass is 224 g/mol. The Morgan fingerprint density at radius 2 is 1.94 bits per heavy atom. The van der Waals surface area contributed by atoms with Gasteiger partial charge in [-0.3, -0.25) is 0 Å². The maximum Gasteiger partial charge on any atom is 0.167 e. The summed E-state index contributed by atoms with van der Waals surface area (Å²) in [5, 5.41) is 5.09. The number of benzene rings is 2. The van der Waals surface area contributed by atoms with E-state index in [0.717, 1.165) is 27.9 Å². The number of anilines is 1. The van der Waals surface area contributed by atoms with E-state index in [1.807, 2.05) is 36.4 Å². The molecule has 0 unspecified atom stereocenters. The van der Waals surface area contributed by atoms with Crippen LogP contribution < -0.4 is 5.73 Å². The fourth-order valence-corrected chi connectivity index (χ4v) is 1.99. The molecule has 3 rings (SSSR count). The lowest BCUT2D eigenvalue weighted by atomic mass is 10.0. The smallest absolute Gasteiger partial charge is 0.167 e. The van der Waals surface area contributed by atoms with E-state index in [0.29, 0.717) is 0 Å². The van der Waals surface area contributed by atoms with Crippen LogP contribution in [0.1, 0.15) is 5.56 Å². The molecule has 0 bridgehead atoms. The van der Waals surface area contributed by atoms with E-state index in [-0.39, 0.29) is 0 Å². The van der Waals surface area contributed by atoms with Crippen LogP contribution in [0.3, 0.4) is 0 Å². The first-order valence-corrected chi connectivity index (χ1v) is 5.46. The predicted octanol–water partition coefficient (Wildman–Crippen LogP) is 3.39. The van der Waals surface area contributed by atoms with Gasteiger partial charge >= 0.3 is 0 Å². The summed E-state index contributed by atoms with van der Waals surface area (Å²) >= 11 is 0. The third kappa shape index (κ3) is 1.56. The molecule has 0 radical (unpaired) electrons. The lowest BCUT2D eigenvalue weighted by Gasteiger charge is -2.01. The van der Waals surface area contributed by atoms with Gasteiger partial charge in [0.2, 0.25) is 0 Å². The number of aryl methyl sites for hydroxylation is 1. The largest absolute Gasteiger partial charge is 0.399 e. The van der Waals surface area contributed by atoms with Crippen LogP contribution in [0.15, 0.2) is 47.0 Å². The summed E-state index contributed by atoms with van der Waals surface area (Å²) < 4.78 is 5.31. The van der Waals surface area contributed by atoms with Gasteiger partial charge in [-0.25, -0.2) is 0 Å². The Labute approximate surface area is 98.8 Å². The first kappa shape index (κ1) is 9.90. The SMILES string of the molecule is Cc1ccccc1-c1noc2ccc(N)cc12. The van der Waals surface area contributed by atoms with E-state index in [1.54, 1.807) is 0 Å².